The fourth-order valence-corrected chi connectivity index (χ4v) is 8.88. The zero-order chi connectivity index (χ0) is 54.8. The van der Waals surface area contributed by atoms with Crippen molar-refractivity contribution in [1.29, 1.82) is 0 Å². The van der Waals surface area contributed by atoms with Crippen molar-refractivity contribution < 1.29 is 57.1 Å². The van der Waals surface area contributed by atoms with E-state index < -0.39 is 48.6 Å². The minimum absolute atomic E-state index is 0.0282. The van der Waals surface area contributed by atoms with Crippen molar-refractivity contribution >= 4 is 30.0 Å². The summed E-state index contributed by atoms with van der Waals surface area (Å²) in [7, 11) is 0. The van der Waals surface area contributed by atoms with E-state index in [0.717, 1.165) is 154 Å². The number of nitrogens with one attached hydrogen (secondary N) is 1. The Morgan fingerprint density at radius 2 is 1.08 bits per heavy atom. The standard InChI is InChI=1S/C61H110N2O12/c1-7-12-17-21-24-33-48-69-58(70-49-34-25-22-18-13-8-2)43-42-57(66)75-60(74-56(65)39-30-23-26-35-50-71-59(67)53(36-16-11-5)37-28-19-14-9-3)52(6)51-72-55(64)41-40-54(38-29-20-15-10-4)73-61(68)62-44-47-63-45-31-27-32-46-63/h12-13,17-18,52-54,58,60H,7-11,14-16,19-51H2,1-6H3,(H,62,68)/b17-12-,18-13-. The Bertz CT molecular complexity index is 1450. The maximum absolute atomic E-state index is 13.5. The number of amides is 1. The molecule has 0 radical (unpaired) electrons. The lowest BCUT2D eigenvalue weighted by Gasteiger charge is -2.26. The van der Waals surface area contributed by atoms with Gasteiger partial charge in [-0.25, -0.2) is 4.79 Å². The van der Waals surface area contributed by atoms with E-state index in [1.54, 1.807) is 6.92 Å². The normalized spacial score (nSPS) is 14.7. The first-order valence-electron chi connectivity index (χ1n) is 30.5. The fraction of sp³-hybridized carbons (Fsp3) is 0.852. The van der Waals surface area contributed by atoms with Crippen molar-refractivity contribution in [2.75, 3.05) is 52.6 Å². The average molecular weight is 1060 g/mol. The lowest BCUT2D eigenvalue weighted by molar-refractivity contribution is -0.202. The number of rotatable bonds is 50. The van der Waals surface area contributed by atoms with Crippen LogP contribution < -0.4 is 5.32 Å². The van der Waals surface area contributed by atoms with Crippen LogP contribution in [-0.2, 0) is 52.3 Å². The summed E-state index contributed by atoms with van der Waals surface area (Å²) in [6.45, 7) is 17.0. The molecule has 0 aromatic rings. The van der Waals surface area contributed by atoms with Crippen molar-refractivity contribution in [3.63, 3.8) is 0 Å². The topological polar surface area (TPSA) is 165 Å². The highest BCUT2D eigenvalue weighted by Gasteiger charge is 2.28. The molecule has 0 aromatic heterocycles. The molecule has 4 unspecified atom stereocenters. The zero-order valence-electron chi connectivity index (χ0n) is 48.5. The van der Waals surface area contributed by atoms with Crippen molar-refractivity contribution in [3.05, 3.63) is 24.3 Å². The van der Waals surface area contributed by atoms with Gasteiger partial charge in [0.2, 0.25) is 0 Å². The predicted molar refractivity (Wildman–Crippen MR) is 300 cm³/mol. The summed E-state index contributed by atoms with van der Waals surface area (Å²) >= 11 is 0. The summed E-state index contributed by atoms with van der Waals surface area (Å²) in [6, 6.07) is 0. The largest absolute Gasteiger partial charge is 0.465 e. The number of ether oxygens (including phenoxy) is 7. The predicted octanol–water partition coefficient (Wildman–Crippen LogP) is 14.6. The first-order chi connectivity index (χ1) is 36.6. The number of esters is 4. The van der Waals surface area contributed by atoms with Crippen LogP contribution in [0.4, 0.5) is 4.79 Å². The lowest BCUT2D eigenvalue weighted by atomic mass is 9.95. The Morgan fingerprint density at radius 3 is 1.71 bits per heavy atom. The monoisotopic (exact) mass is 1060 g/mol. The number of unbranched alkanes of at least 4 members (excludes halogenated alkanes) is 14. The number of nitrogens with zero attached hydrogens (tertiary/aromatic N) is 1. The summed E-state index contributed by atoms with van der Waals surface area (Å²) in [5.41, 5.74) is 0. The second-order valence-electron chi connectivity index (χ2n) is 20.7. The summed E-state index contributed by atoms with van der Waals surface area (Å²) in [5, 5.41) is 2.89. The molecule has 1 aliphatic heterocycles. The number of hydrogen-bond donors (Lipinski definition) is 1. The van der Waals surface area contributed by atoms with Crippen molar-refractivity contribution in [2.24, 2.45) is 11.8 Å². The Kier molecular flexibility index (Phi) is 46.4. The molecule has 1 fully saturated rings. The molecule has 14 heteroatoms. The van der Waals surface area contributed by atoms with E-state index in [4.69, 9.17) is 33.2 Å². The molecule has 4 atom stereocenters. The average Bonchev–Trinajstić information content (AvgIpc) is 3.40. The minimum Gasteiger partial charge on any atom is -0.465 e. The third-order valence-electron chi connectivity index (χ3n) is 13.6. The highest BCUT2D eigenvalue weighted by molar-refractivity contribution is 5.72. The summed E-state index contributed by atoms with van der Waals surface area (Å²) < 4.78 is 41.1. The van der Waals surface area contributed by atoms with E-state index in [0.29, 0.717) is 52.0 Å². The van der Waals surface area contributed by atoms with Crippen molar-refractivity contribution in [2.45, 2.75) is 272 Å². The van der Waals surface area contributed by atoms with Crippen LogP contribution in [0.3, 0.4) is 0 Å². The Balaban J connectivity index is 2.91. The Hall–Kier alpha value is -3.49. The van der Waals surface area contributed by atoms with Crippen LogP contribution in [0.15, 0.2) is 24.3 Å². The van der Waals surface area contributed by atoms with Gasteiger partial charge < -0.3 is 43.4 Å². The summed E-state index contributed by atoms with van der Waals surface area (Å²) in [6.07, 6.45) is 33.7. The molecule has 0 spiro atoms. The molecule has 1 amide bonds. The van der Waals surface area contributed by atoms with Gasteiger partial charge >= 0.3 is 30.0 Å². The molecular weight excluding hydrogens is 953 g/mol. The van der Waals surface area contributed by atoms with E-state index >= 15 is 0 Å². The highest BCUT2D eigenvalue weighted by atomic mass is 16.7. The highest BCUT2D eigenvalue weighted by Crippen LogP contribution is 2.21. The summed E-state index contributed by atoms with van der Waals surface area (Å²) in [5.74, 6) is -2.40. The lowest BCUT2D eigenvalue weighted by Crippen LogP contribution is -2.38. The van der Waals surface area contributed by atoms with Gasteiger partial charge in [0.25, 0.3) is 6.29 Å². The molecule has 436 valence electrons. The van der Waals surface area contributed by atoms with E-state index in [1.807, 2.05) is 0 Å². The van der Waals surface area contributed by atoms with Crippen molar-refractivity contribution in [1.82, 2.24) is 10.2 Å². The third kappa shape index (κ3) is 41.3. The Labute approximate surface area is 456 Å². The second-order valence-corrected chi connectivity index (χ2v) is 20.7. The molecule has 0 aliphatic carbocycles. The molecule has 1 saturated heterocycles. The van der Waals surface area contributed by atoms with Crippen LogP contribution in [-0.4, -0.2) is 106 Å². The number of carbonyl (C=O) groups is 5. The van der Waals surface area contributed by atoms with Crippen molar-refractivity contribution in [3.8, 4) is 0 Å². The number of allylic oxidation sites excluding steroid dienone is 4. The van der Waals surface area contributed by atoms with Crippen LogP contribution in [0.2, 0.25) is 0 Å². The first kappa shape index (κ1) is 69.5. The third-order valence-corrected chi connectivity index (χ3v) is 13.6. The van der Waals surface area contributed by atoms with Gasteiger partial charge in [0.15, 0.2) is 6.29 Å². The van der Waals surface area contributed by atoms with Crippen LogP contribution >= 0.6 is 0 Å². The molecule has 1 rings (SSSR count). The van der Waals surface area contributed by atoms with Gasteiger partial charge in [-0.3, -0.25) is 19.2 Å². The van der Waals surface area contributed by atoms with Crippen LogP contribution in [0.1, 0.15) is 253 Å². The molecular formula is C61H110N2O12. The minimum atomic E-state index is -1.30. The van der Waals surface area contributed by atoms with Gasteiger partial charge in [-0.2, -0.15) is 0 Å². The molecule has 0 saturated carbocycles. The zero-order valence-corrected chi connectivity index (χ0v) is 48.5. The molecule has 14 nitrogen and oxygen atoms in total. The number of alkyl carbamates (subject to hydrolysis) is 1. The van der Waals surface area contributed by atoms with Gasteiger partial charge in [0.1, 0.15) is 12.7 Å². The number of likely N-dealkylation sites (tertiary alicyclic amines) is 1. The van der Waals surface area contributed by atoms with Crippen LogP contribution in [0.5, 0.6) is 0 Å². The second kappa shape index (κ2) is 50.0. The molecule has 1 aliphatic rings. The number of piperidine rings is 1. The SMILES string of the molecule is CC/C=C\CCCCOC(CCC(=O)OC(OC(=O)CCCCCCOC(=O)C(CCCC)CCCCCC)C(C)COC(=O)CCC(CCCCCC)OC(=O)NCCN1CCCCC1)OCCCC/C=C\CC. The van der Waals surface area contributed by atoms with E-state index in [9.17, 15) is 24.0 Å². The quantitative estimate of drug-likeness (QED) is 0.0201. The van der Waals surface area contributed by atoms with Crippen LogP contribution in [0.25, 0.3) is 0 Å². The maximum atomic E-state index is 13.5. The fourth-order valence-electron chi connectivity index (χ4n) is 8.88. The molecule has 0 aromatic carbocycles. The number of carbonyl (C=O) groups excluding carboxylic acids is 5. The van der Waals surface area contributed by atoms with Gasteiger partial charge in [0, 0.05) is 45.6 Å². The summed E-state index contributed by atoms with van der Waals surface area (Å²) in [4.78, 5) is 68.1. The van der Waals surface area contributed by atoms with Gasteiger partial charge in [-0.1, -0.05) is 143 Å². The van der Waals surface area contributed by atoms with E-state index in [2.05, 4.69) is 69.1 Å². The van der Waals surface area contributed by atoms with E-state index in [1.165, 1.54) is 25.7 Å². The molecule has 1 heterocycles. The first-order valence-corrected chi connectivity index (χ1v) is 30.5. The molecule has 1 N–H and O–H groups in total. The van der Waals surface area contributed by atoms with Gasteiger partial charge in [-0.15, -0.1) is 0 Å². The van der Waals surface area contributed by atoms with Gasteiger partial charge in [-0.05, 0) is 122 Å². The molecule has 75 heavy (non-hydrogen) atoms. The Morgan fingerprint density at radius 1 is 0.520 bits per heavy atom. The van der Waals surface area contributed by atoms with Crippen LogP contribution in [0, 0.1) is 11.8 Å². The van der Waals surface area contributed by atoms with Gasteiger partial charge in [0.05, 0.1) is 24.9 Å². The number of hydrogen-bond acceptors (Lipinski definition) is 13. The van der Waals surface area contributed by atoms with E-state index in [-0.39, 0.29) is 44.2 Å². The molecule has 0 bridgehead atoms. The maximum Gasteiger partial charge on any atom is 0.407 e. The smallest absolute Gasteiger partial charge is 0.407 e.